The summed E-state index contributed by atoms with van der Waals surface area (Å²) in [5.41, 5.74) is 1.58. The Kier molecular flexibility index (Phi) is 5.37. The van der Waals surface area contributed by atoms with Crippen molar-refractivity contribution < 1.29 is 9.53 Å². The van der Waals surface area contributed by atoms with Gasteiger partial charge < -0.3 is 9.64 Å². The van der Waals surface area contributed by atoms with Gasteiger partial charge in [-0.15, -0.1) is 0 Å². The molecule has 0 bridgehead atoms. The predicted molar refractivity (Wildman–Crippen MR) is 84.5 cm³/mol. The third kappa shape index (κ3) is 4.31. The van der Waals surface area contributed by atoms with E-state index < -0.39 is 0 Å². The Bertz CT molecular complexity index is 517. The van der Waals surface area contributed by atoms with E-state index in [1.54, 1.807) is 0 Å². The first-order valence-electron chi connectivity index (χ1n) is 7.64. The topological polar surface area (TPSA) is 41.9 Å². The Hall–Kier alpha value is -1.84. The van der Waals surface area contributed by atoms with E-state index >= 15 is 0 Å². The summed E-state index contributed by atoms with van der Waals surface area (Å²) < 4.78 is 5.77. The van der Waals surface area contributed by atoms with Gasteiger partial charge in [0.1, 0.15) is 0 Å². The van der Waals surface area contributed by atoms with Crippen molar-refractivity contribution >= 4 is 11.9 Å². The molecule has 0 aliphatic carbocycles. The minimum Gasteiger partial charge on any atom is -0.465 e. The minimum atomic E-state index is -0.223. The van der Waals surface area contributed by atoms with Gasteiger partial charge in [-0.25, -0.2) is 0 Å². The van der Waals surface area contributed by atoms with Crippen molar-refractivity contribution in [2.45, 2.75) is 33.6 Å². The van der Waals surface area contributed by atoms with Crippen molar-refractivity contribution in [3.05, 3.63) is 35.4 Å². The molecule has 21 heavy (non-hydrogen) atoms. The fourth-order valence-electron chi connectivity index (χ4n) is 2.30. The van der Waals surface area contributed by atoms with Crippen molar-refractivity contribution in [3.63, 3.8) is 0 Å². The lowest BCUT2D eigenvalue weighted by Gasteiger charge is -2.20. The first-order chi connectivity index (χ1) is 10.1. The van der Waals surface area contributed by atoms with Crippen LogP contribution in [0, 0.1) is 12.8 Å². The van der Waals surface area contributed by atoms with E-state index in [9.17, 15) is 4.79 Å². The lowest BCUT2D eigenvalue weighted by atomic mass is 10.1. The van der Waals surface area contributed by atoms with Crippen molar-refractivity contribution in [2.24, 2.45) is 10.9 Å². The number of likely N-dealkylation sites (tertiary alicyclic amines) is 1. The number of nitrogens with zero attached hydrogens (tertiary/aromatic N) is 2. The van der Waals surface area contributed by atoms with Crippen LogP contribution in [0.5, 0.6) is 0 Å². The highest BCUT2D eigenvalue weighted by atomic mass is 16.5. The average Bonchev–Trinajstić information content (AvgIpc) is 2.97. The van der Waals surface area contributed by atoms with Crippen LogP contribution in [0.2, 0.25) is 0 Å². The van der Waals surface area contributed by atoms with Crippen LogP contribution in [0.25, 0.3) is 0 Å². The highest BCUT2D eigenvalue weighted by molar-refractivity contribution is 6.02. The van der Waals surface area contributed by atoms with Gasteiger partial charge in [0.05, 0.1) is 6.61 Å². The highest BCUT2D eigenvalue weighted by Gasteiger charge is 2.20. The van der Waals surface area contributed by atoms with Gasteiger partial charge >= 0.3 is 0 Å². The molecule has 1 saturated heterocycles. The molecule has 1 amide bonds. The Morgan fingerprint density at radius 3 is 2.57 bits per heavy atom. The van der Waals surface area contributed by atoms with Crippen LogP contribution in [-0.2, 0) is 4.74 Å². The summed E-state index contributed by atoms with van der Waals surface area (Å²) in [5.74, 6) is 0.185. The molecule has 0 aromatic heterocycles. The van der Waals surface area contributed by atoms with Gasteiger partial charge in [0, 0.05) is 18.7 Å². The molecule has 1 aliphatic rings. The van der Waals surface area contributed by atoms with Crippen LogP contribution in [0.15, 0.2) is 29.3 Å². The molecule has 0 unspecified atom stereocenters. The summed E-state index contributed by atoms with van der Waals surface area (Å²) in [6.45, 7) is 8.51. The summed E-state index contributed by atoms with van der Waals surface area (Å²) in [6, 6.07) is 8.00. The number of carbonyl (C=O) groups is 1. The van der Waals surface area contributed by atoms with Gasteiger partial charge in [0.2, 0.25) is 0 Å². The van der Waals surface area contributed by atoms with Crippen LogP contribution in [0.3, 0.4) is 0 Å². The zero-order valence-corrected chi connectivity index (χ0v) is 13.1. The molecule has 0 saturated carbocycles. The van der Waals surface area contributed by atoms with Gasteiger partial charge in [0.15, 0.2) is 0 Å². The Morgan fingerprint density at radius 1 is 1.29 bits per heavy atom. The van der Waals surface area contributed by atoms with E-state index in [1.807, 2.05) is 31.2 Å². The third-order valence-corrected chi connectivity index (χ3v) is 3.50. The summed E-state index contributed by atoms with van der Waals surface area (Å²) >= 11 is 0. The third-order valence-electron chi connectivity index (χ3n) is 3.50. The molecule has 4 heteroatoms. The number of ether oxygens (including phenoxy) is 1. The second-order valence-corrected chi connectivity index (χ2v) is 5.91. The van der Waals surface area contributed by atoms with Crippen LogP contribution < -0.4 is 0 Å². The summed E-state index contributed by atoms with van der Waals surface area (Å²) in [7, 11) is 0. The number of amides is 1. The van der Waals surface area contributed by atoms with E-state index in [4.69, 9.17) is 4.74 Å². The molecule has 0 N–H and O–H groups in total. The Balaban J connectivity index is 2.18. The van der Waals surface area contributed by atoms with Crippen molar-refractivity contribution in [3.8, 4) is 0 Å². The molecule has 114 valence electrons. The predicted octanol–water partition coefficient (Wildman–Crippen LogP) is 3.26. The van der Waals surface area contributed by atoms with Crippen LogP contribution in [0.4, 0.5) is 0 Å². The van der Waals surface area contributed by atoms with Gasteiger partial charge in [-0.05, 0) is 37.3 Å². The first-order valence-corrected chi connectivity index (χ1v) is 7.64. The molecular formula is C17H24N2O2. The molecule has 4 nitrogen and oxygen atoms in total. The molecule has 2 rings (SSSR count). The maximum absolute atomic E-state index is 12.4. The van der Waals surface area contributed by atoms with Crippen LogP contribution >= 0.6 is 0 Å². The smallest absolute Gasteiger partial charge is 0.295 e. The van der Waals surface area contributed by atoms with Crippen molar-refractivity contribution in [2.75, 3.05) is 19.7 Å². The summed E-state index contributed by atoms with van der Waals surface area (Å²) in [4.78, 5) is 18.7. The van der Waals surface area contributed by atoms with E-state index in [-0.39, 0.29) is 5.91 Å². The van der Waals surface area contributed by atoms with E-state index in [2.05, 4.69) is 23.7 Å². The number of carbonyl (C=O) groups excluding carboxylic acids is 1. The zero-order valence-electron chi connectivity index (χ0n) is 13.1. The Morgan fingerprint density at radius 2 is 1.95 bits per heavy atom. The first kappa shape index (κ1) is 15.5. The summed E-state index contributed by atoms with van der Waals surface area (Å²) in [5, 5.41) is 0. The number of rotatable bonds is 3. The van der Waals surface area contributed by atoms with Gasteiger partial charge in [-0.2, -0.15) is 4.99 Å². The largest absolute Gasteiger partial charge is 0.465 e. The lowest BCUT2D eigenvalue weighted by Crippen LogP contribution is -2.32. The fourth-order valence-corrected chi connectivity index (χ4v) is 2.30. The number of amidine groups is 1. The molecular weight excluding hydrogens is 264 g/mol. The molecule has 1 fully saturated rings. The summed E-state index contributed by atoms with van der Waals surface area (Å²) in [6.07, 6.45) is 2.26. The second kappa shape index (κ2) is 7.25. The number of hydrogen-bond donors (Lipinski definition) is 0. The normalized spacial score (nSPS) is 15.6. The number of hydrogen-bond acceptors (Lipinski definition) is 2. The molecule has 1 aromatic carbocycles. The zero-order chi connectivity index (χ0) is 15.2. The van der Waals surface area contributed by atoms with Gasteiger partial charge in [0.25, 0.3) is 11.9 Å². The van der Waals surface area contributed by atoms with E-state index in [0.717, 1.165) is 31.5 Å². The van der Waals surface area contributed by atoms with Gasteiger partial charge in [-0.3, -0.25) is 4.79 Å². The fraction of sp³-hybridized carbons (Fsp3) is 0.529. The Labute approximate surface area is 126 Å². The number of benzene rings is 1. The van der Waals surface area contributed by atoms with E-state index in [0.29, 0.717) is 24.1 Å². The quantitative estimate of drug-likeness (QED) is 0.633. The molecule has 0 radical (unpaired) electrons. The molecule has 1 aliphatic heterocycles. The number of aryl methyl sites for hydroxylation is 1. The molecule has 1 aromatic rings. The van der Waals surface area contributed by atoms with Crippen molar-refractivity contribution in [1.82, 2.24) is 4.90 Å². The standard InChI is InChI=1S/C17H24N2O2/c1-13(2)12-21-17(19-10-6-7-11-19)18-16(20)15-9-5-4-8-14(15)3/h4-5,8-9,13H,6-7,10-12H2,1-3H3. The minimum absolute atomic E-state index is 0.223. The monoisotopic (exact) mass is 288 g/mol. The number of aliphatic imine (C=N–C) groups is 1. The average molecular weight is 288 g/mol. The lowest BCUT2D eigenvalue weighted by molar-refractivity contribution is 0.0992. The maximum Gasteiger partial charge on any atom is 0.295 e. The van der Waals surface area contributed by atoms with Crippen LogP contribution in [-0.4, -0.2) is 36.5 Å². The van der Waals surface area contributed by atoms with Crippen LogP contribution in [0.1, 0.15) is 42.6 Å². The van der Waals surface area contributed by atoms with Crippen molar-refractivity contribution in [1.29, 1.82) is 0 Å². The molecule has 0 atom stereocenters. The molecule has 1 heterocycles. The highest BCUT2D eigenvalue weighted by Crippen LogP contribution is 2.13. The van der Waals surface area contributed by atoms with E-state index in [1.165, 1.54) is 0 Å². The maximum atomic E-state index is 12.4. The molecule has 0 spiro atoms. The second-order valence-electron chi connectivity index (χ2n) is 5.91. The van der Waals surface area contributed by atoms with Gasteiger partial charge in [-0.1, -0.05) is 32.0 Å². The SMILES string of the molecule is Cc1ccccc1C(=O)N=C(OCC(C)C)N1CCCC1.